The van der Waals surface area contributed by atoms with Gasteiger partial charge in [-0.3, -0.25) is 4.55 Å². The largest absolute Gasteiger partial charge is 0.397 e. The molecule has 0 amide bonds. The molecule has 6 nitrogen and oxygen atoms in total. The molecule has 1 heterocycles. The molecule has 1 rings (SSSR count). The topological polar surface area (TPSA) is 83.8 Å². The summed E-state index contributed by atoms with van der Waals surface area (Å²) in [6.45, 7) is 5.47. The highest BCUT2D eigenvalue weighted by Gasteiger charge is 2.33. The second kappa shape index (κ2) is 6.10. The van der Waals surface area contributed by atoms with Crippen molar-refractivity contribution in [3.8, 4) is 0 Å². The predicted octanol–water partition coefficient (Wildman–Crippen LogP) is 0.0448. The fourth-order valence-corrected chi connectivity index (χ4v) is 2.86. The van der Waals surface area contributed by atoms with E-state index in [-0.39, 0.29) is 19.1 Å². The van der Waals surface area contributed by atoms with Crippen LogP contribution < -0.4 is 0 Å². The van der Waals surface area contributed by atoms with Gasteiger partial charge in [0.1, 0.15) is 13.2 Å². The van der Waals surface area contributed by atoms with E-state index in [1.54, 1.807) is 0 Å². The Morgan fingerprint density at radius 3 is 2.71 bits per heavy atom. The molecular formula is C10H22NO5S+. The van der Waals surface area contributed by atoms with Crippen LogP contribution in [0.2, 0.25) is 0 Å². The number of hydrogen-bond donors (Lipinski definition) is 2. The molecule has 7 heteroatoms. The van der Waals surface area contributed by atoms with E-state index >= 15 is 0 Å². The van der Waals surface area contributed by atoms with Gasteiger partial charge in [0.2, 0.25) is 0 Å². The van der Waals surface area contributed by atoms with E-state index in [0.29, 0.717) is 6.54 Å². The molecule has 1 saturated heterocycles. The molecule has 0 aromatic rings. The molecule has 0 saturated carbocycles. The Morgan fingerprint density at radius 1 is 1.47 bits per heavy atom. The lowest BCUT2D eigenvalue weighted by atomic mass is 9.96. The van der Waals surface area contributed by atoms with Crippen LogP contribution in [0.25, 0.3) is 0 Å². The minimum Gasteiger partial charge on any atom is -0.396 e. The van der Waals surface area contributed by atoms with Crippen LogP contribution in [0, 0.1) is 5.92 Å². The zero-order valence-electron chi connectivity index (χ0n) is 10.2. The SMILES string of the molecule is CC[N+]1(CCOS(=O)(=O)O)CCCC(CO)C1. The van der Waals surface area contributed by atoms with E-state index in [4.69, 9.17) is 4.55 Å². The smallest absolute Gasteiger partial charge is 0.396 e. The Labute approximate surface area is 103 Å². The number of rotatable bonds is 6. The summed E-state index contributed by atoms with van der Waals surface area (Å²) in [7, 11) is -4.34. The minimum absolute atomic E-state index is 0.00911. The second-order valence-corrected chi connectivity index (χ2v) is 5.82. The van der Waals surface area contributed by atoms with E-state index in [1.807, 2.05) is 6.92 Å². The Bertz CT molecular complexity index is 332. The fraction of sp³-hybridized carbons (Fsp3) is 1.00. The van der Waals surface area contributed by atoms with Crippen molar-refractivity contribution in [3.63, 3.8) is 0 Å². The normalized spacial score (nSPS) is 30.4. The maximum Gasteiger partial charge on any atom is 0.397 e. The lowest BCUT2D eigenvalue weighted by molar-refractivity contribution is -0.934. The molecule has 2 atom stereocenters. The number of nitrogens with zero attached hydrogens (tertiary/aromatic N) is 1. The number of likely N-dealkylation sites (tertiary alicyclic amines) is 1. The van der Waals surface area contributed by atoms with E-state index in [2.05, 4.69) is 4.18 Å². The first-order chi connectivity index (χ1) is 7.91. The maximum atomic E-state index is 10.5. The lowest BCUT2D eigenvalue weighted by Crippen LogP contribution is -2.56. The van der Waals surface area contributed by atoms with Crippen LogP contribution in [0.5, 0.6) is 0 Å². The molecule has 102 valence electrons. The summed E-state index contributed by atoms with van der Waals surface area (Å²) in [5.74, 6) is 0.287. The highest BCUT2D eigenvalue weighted by molar-refractivity contribution is 7.80. The van der Waals surface area contributed by atoms with Crippen molar-refractivity contribution in [2.45, 2.75) is 19.8 Å². The molecular weight excluding hydrogens is 246 g/mol. The number of likely N-dealkylation sites (N-methyl/N-ethyl adjacent to an activating group) is 1. The van der Waals surface area contributed by atoms with Crippen molar-refractivity contribution in [3.05, 3.63) is 0 Å². The molecule has 0 aromatic heterocycles. The molecule has 1 aliphatic rings. The van der Waals surface area contributed by atoms with Crippen LogP contribution in [0.15, 0.2) is 0 Å². The third-order valence-corrected chi connectivity index (χ3v) is 4.08. The average Bonchev–Trinajstić information content (AvgIpc) is 2.27. The van der Waals surface area contributed by atoms with Crippen LogP contribution in [0.4, 0.5) is 0 Å². The summed E-state index contributed by atoms with van der Waals surface area (Å²) in [5, 5.41) is 9.20. The van der Waals surface area contributed by atoms with E-state index in [0.717, 1.165) is 37.0 Å². The summed E-state index contributed by atoms with van der Waals surface area (Å²) in [6, 6.07) is 0. The van der Waals surface area contributed by atoms with Gasteiger partial charge >= 0.3 is 10.4 Å². The molecule has 0 aliphatic carbocycles. The first kappa shape index (κ1) is 14.8. The Hall–Kier alpha value is -0.210. The van der Waals surface area contributed by atoms with Crippen molar-refractivity contribution >= 4 is 10.4 Å². The average molecular weight is 268 g/mol. The minimum atomic E-state index is -4.34. The van der Waals surface area contributed by atoms with Gasteiger partial charge in [-0.05, 0) is 19.8 Å². The first-order valence-corrected chi connectivity index (χ1v) is 7.35. The van der Waals surface area contributed by atoms with E-state index in [9.17, 15) is 13.5 Å². The van der Waals surface area contributed by atoms with Gasteiger partial charge in [-0.1, -0.05) is 0 Å². The van der Waals surface area contributed by atoms with Gasteiger partial charge < -0.3 is 9.59 Å². The fourth-order valence-electron chi connectivity index (χ4n) is 2.58. The molecule has 1 aliphatic heterocycles. The molecule has 2 N–H and O–H groups in total. The lowest BCUT2D eigenvalue weighted by Gasteiger charge is -2.43. The molecule has 0 radical (unpaired) electrons. The van der Waals surface area contributed by atoms with Crippen LogP contribution in [-0.4, -0.2) is 62.0 Å². The van der Waals surface area contributed by atoms with Crippen LogP contribution in [0.1, 0.15) is 19.8 Å². The Balaban J connectivity index is 2.50. The van der Waals surface area contributed by atoms with Gasteiger partial charge in [0.25, 0.3) is 0 Å². The molecule has 0 aromatic carbocycles. The van der Waals surface area contributed by atoms with Crippen LogP contribution in [-0.2, 0) is 14.6 Å². The first-order valence-electron chi connectivity index (χ1n) is 5.98. The molecule has 0 bridgehead atoms. The van der Waals surface area contributed by atoms with Crippen molar-refractivity contribution in [2.75, 3.05) is 39.4 Å². The summed E-state index contributed by atoms with van der Waals surface area (Å²) >= 11 is 0. The predicted molar refractivity (Wildman–Crippen MR) is 62.7 cm³/mol. The Kier molecular flexibility index (Phi) is 5.33. The summed E-state index contributed by atoms with van der Waals surface area (Å²) < 4.78 is 34.6. The zero-order valence-corrected chi connectivity index (χ0v) is 11.0. The maximum absolute atomic E-state index is 10.5. The highest BCUT2D eigenvalue weighted by Crippen LogP contribution is 2.23. The quantitative estimate of drug-likeness (QED) is 0.525. The van der Waals surface area contributed by atoms with Gasteiger partial charge in [-0.15, -0.1) is 0 Å². The van der Waals surface area contributed by atoms with Crippen LogP contribution in [0.3, 0.4) is 0 Å². The molecule has 0 spiro atoms. The molecule has 17 heavy (non-hydrogen) atoms. The summed E-state index contributed by atoms with van der Waals surface area (Å²) in [6.07, 6.45) is 2.06. The van der Waals surface area contributed by atoms with Crippen molar-refractivity contribution in [1.29, 1.82) is 0 Å². The third kappa shape index (κ3) is 4.89. The number of hydrogen-bond acceptors (Lipinski definition) is 4. The monoisotopic (exact) mass is 268 g/mol. The highest BCUT2D eigenvalue weighted by atomic mass is 32.3. The van der Waals surface area contributed by atoms with Crippen molar-refractivity contribution in [2.24, 2.45) is 5.92 Å². The second-order valence-electron chi connectivity index (χ2n) is 4.73. The number of aliphatic hydroxyl groups is 1. The number of quaternary nitrogens is 1. The Morgan fingerprint density at radius 2 is 2.18 bits per heavy atom. The van der Waals surface area contributed by atoms with Gasteiger partial charge in [-0.25, -0.2) is 4.18 Å². The summed E-state index contributed by atoms with van der Waals surface area (Å²) in [4.78, 5) is 0. The van der Waals surface area contributed by atoms with Gasteiger partial charge in [0.15, 0.2) is 0 Å². The standard InChI is InChI=1S/C10H21NO5S/c1-2-11(6-7-16-17(13,14)15)5-3-4-10(8-11)9-12/h10,12H,2-9H2,1H3/p+1. The van der Waals surface area contributed by atoms with Crippen molar-refractivity contribution < 1.29 is 26.7 Å². The van der Waals surface area contributed by atoms with E-state index in [1.165, 1.54) is 0 Å². The van der Waals surface area contributed by atoms with E-state index < -0.39 is 10.4 Å². The number of aliphatic hydroxyl groups excluding tert-OH is 1. The summed E-state index contributed by atoms with van der Waals surface area (Å²) in [5.41, 5.74) is 0. The zero-order chi connectivity index (χ0) is 12.9. The van der Waals surface area contributed by atoms with Crippen molar-refractivity contribution in [1.82, 2.24) is 0 Å². The third-order valence-electron chi connectivity index (χ3n) is 3.62. The number of piperidine rings is 1. The molecule has 1 fully saturated rings. The molecule has 2 unspecified atom stereocenters. The van der Waals surface area contributed by atoms with Gasteiger partial charge in [0, 0.05) is 5.92 Å². The van der Waals surface area contributed by atoms with Gasteiger partial charge in [0.05, 0.1) is 26.2 Å². The van der Waals surface area contributed by atoms with Gasteiger partial charge in [-0.2, -0.15) is 8.42 Å². The van der Waals surface area contributed by atoms with Crippen LogP contribution >= 0.6 is 0 Å².